The van der Waals surface area contributed by atoms with Crippen LogP contribution in [0.3, 0.4) is 0 Å². The lowest BCUT2D eigenvalue weighted by Gasteiger charge is -2.40. The zero-order valence-corrected chi connectivity index (χ0v) is 18.2. The highest BCUT2D eigenvalue weighted by Crippen LogP contribution is 2.46. The number of hydrogen-bond acceptors (Lipinski definition) is 8. The Hall–Kier alpha value is -2.49. The van der Waals surface area contributed by atoms with Crippen LogP contribution in [0.4, 0.5) is 11.4 Å². The minimum atomic E-state index is -0.613. The number of carbonyl (C=O) groups is 1. The van der Waals surface area contributed by atoms with Crippen LogP contribution < -0.4 is 9.80 Å². The molecule has 164 valence electrons. The summed E-state index contributed by atoms with van der Waals surface area (Å²) in [7, 11) is 1.63. The average Bonchev–Trinajstić information content (AvgIpc) is 3.51. The number of rotatable bonds is 6. The largest absolute Gasteiger partial charge is 0.384 e. The van der Waals surface area contributed by atoms with Crippen LogP contribution >= 0.6 is 11.6 Å². The second-order valence-electron chi connectivity index (χ2n) is 8.10. The van der Waals surface area contributed by atoms with Crippen LogP contribution in [-0.2, 0) is 14.3 Å². The minimum absolute atomic E-state index is 0.00899. The maximum absolute atomic E-state index is 13.7. The molecule has 0 aliphatic carbocycles. The maximum atomic E-state index is 13.7. The van der Waals surface area contributed by atoms with Crippen LogP contribution in [0.15, 0.2) is 27.7 Å². The van der Waals surface area contributed by atoms with Crippen molar-refractivity contribution in [2.24, 2.45) is 4.99 Å². The van der Waals surface area contributed by atoms with E-state index in [1.165, 1.54) is 0 Å². The number of benzene rings is 1. The van der Waals surface area contributed by atoms with Crippen LogP contribution in [0.1, 0.15) is 43.4 Å². The predicted octanol–water partition coefficient (Wildman–Crippen LogP) is 2.96. The summed E-state index contributed by atoms with van der Waals surface area (Å²) < 4.78 is 16.5. The van der Waals surface area contributed by atoms with E-state index in [4.69, 9.17) is 25.6 Å². The zero-order valence-electron chi connectivity index (χ0n) is 17.4. The van der Waals surface area contributed by atoms with Crippen LogP contribution in [-0.4, -0.2) is 61.4 Å². The number of fused-ring (bicyclic) bond motifs is 3. The van der Waals surface area contributed by atoms with Crippen molar-refractivity contribution < 1.29 is 18.8 Å². The molecule has 4 atom stereocenters. The molecule has 3 aliphatic rings. The summed E-state index contributed by atoms with van der Waals surface area (Å²) in [5.74, 6) is 0.718. The lowest BCUT2D eigenvalue weighted by atomic mass is 10.0. The lowest BCUT2D eigenvalue weighted by Crippen LogP contribution is -2.54. The summed E-state index contributed by atoms with van der Waals surface area (Å²) >= 11 is 6.54. The number of para-hydroxylation sites is 1. The number of hydrogen-bond donors (Lipinski definition) is 0. The summed E-state index contributed by atoms with van der Waals surface area (Å²) in [6, 6.07) is 4.40. The van der Waals surface area contributed by atoms with Gasteiger partial charge in [0, 0.05) is 19.6 Å². The Morgan fingerprint density at radius 2 is 2.26 bits per heavy atom. The molecule has 5 rings (SSSR count). The highest BCUT2D eigenvalue weighted by Gasteiger charge is 2.49. The molecule has 31 heavy (non-hydrogen) atoms. The fourth-order valence-electron chi connectivity index (χ4n) is 4.43. The van der Waals surface area contributed by atoms with E-state index in [2.05, 4.69) is 15.1 Å². The van der Waals surface area contributed by atoms with E-state index in [1.807, 2.05) is 24.0 Å². The Balaban J connectivity index is 1.49. The first kappa shape index (κ1) is 20.4. The van der Waals surface area contributed by atoms with Crippen molar-refractivity contribution in [1.29, 1.82) is 0 Å². The first-order valence-electron chi connectivity index (χ1n) is 10.4. The molecule has 1 aromatic carbocycles. The highest BCUT2D eigenvalue weighted by atomic mass is 35.5. The molecule has 1 aromatic heterocycles. The molecular formula is C21H24ClN5O4. The van der Waals surface area contributed by atoms with Crippen LogP contribution in [0.2, 0.25) is 5.02 Å². The van der Waals surface area contributed by atoms with Crippen molar-refractivity contribution in [3.63, 3.8) is 0 Å². The van der Waals surface area contributed by atoms with Crippen molar-refractivity contribution in [1.82, 2.24) is 10.1 Å². The van der Waals surface area contributed by atoms with Gasteiger partial charge in [-0.1, -0.05) is 29.7 Å². The van der Waals surface area contributed by atoms with Gasteiger partial charge in [0.05, 0.1) is 42.0 Å². The molecule has 4 unspecified atom stereocenters. The number of carbonyl (C=O) groups excluding carboxylic acids is 1. The van der Waals surface area contributed by atoms with Gasteiger partial charge in [0.25, 0.3) is 11.8 Å². The topological polar surface area (TPSA) is 93.3 Å². The SMILES string of the molecule is COCC(C)c1noc(C2N=CN3c4cccc(Cl)c4N(CC4CCCO4)C(=O)C23)n1. The standard InChI is InChI=1S/C21H24ClN5O4/c1-12(10-29-2)19-24-20(31-25-19)16-18-21(28)26(9-13-5-4-8-30-13)17-14(22)6-3-7-15(17)27(18)11-23-16/h3,6-7,11-13,16,18H,4-5,8-10H2,1-2H3. The highest BCUT2D eigenvalue weighted by molar-refractivity contribution is 6.35. The van der Waals surface area contributed by atoms with Crippen molar-refractivity contribution in [2.75, 3.05) is 36.7 Å². The molecule has 0 saturated carbocycles. The number of nitrogens with zero attached hydrogens (tertiary/aromatic N) is 5. The fraction of sp³-hybridized carbons (Fsp3) is 0.524. The van der Waals surface area contributed by atoms with Gasteiger partial charge < -0.3 is 23.8 Å². The van der Waals surface area contributed by atoms with Crippen LogP contribution in [0.25, 0.3) is 0 Å². The zero-order chi connectivity index (χ0) is 21.5. The second kappa shape index (κ2) is 8.22. The van der Waals surface area contributed by atoms with Crippen LogP contribution in [0.5, 0.6) is 0 Å². The normalized spacial score (nSPS) is 25.8. The van der Waals surface area contributed by atoms with E-state index >= 15 is 0 Å². The Labute approximate surface area is 185 Å². The molecule has 0 N–H and O–H groups in total. The summed E-state index contributed by atoms with van der Waals surface area (Å²) in [5.41, 5.74) is 1.52. The molecule has 0 radical (unpaired) electrons. The third kappa shape index (κ3) is 3.50. The Kier molecular flexibility index (Phi) is 5.41. The smallest absolute Gasteiger partial charge is 0.254 e. The first-order chi connectivity index (χ1) is 15.1. The number of ether oxygens (including phenoxy) is 2. The molecule has 3 aliphatic heterocycles. The van der Waals surface area contributed by atoms with E-state index in [-0.39, 0.29) is 17.9 Å². The predicted molar refractivity (Wildman–Crippen MR) is 115 cm³/mol. The number of halogens is 1. The van der Waals surface area contributed by atoms with Crippen molar-refractivity contribution in [3.8, 4) is 0 Å². The number of anilines is 2. The Morgan fingerprint density at radius 3 is 3.03 bits per heavy atom. The Morgan fingerprint density at radius 1 is 1.39 bits per heavy atom. The van der Waals surface area contributed by atoms with E-state index in [1.54, 1.807) is 24.4 Å². The Bertz CT molecular complexity index is 1010. The third-order valence-electron chi connectivity index (χ3n) is 5.96. The molecule has 0 spiro atoms. The van der Waals surface area contributed by atoms with Crippen molar-refractivity contribution >= 4 is 35.2 Å². The van der Waals surface area contributed by atoms with Crippen LogP contribution in [0, 0.1) is 0 Å². The monoisotopic (exact) mass is 445 g/mol. The maximum Gasteiger partial charge on any atom is 0.254 e. The molecule has 2 aromatic rings. The van der Waals surface area contributed by atoms with Gasteiger partial charge >= 0.3 is 0 Å². The molecular weight excluding hydrogens is 422 g/mol. The van der Waals surface area contributed by atoms with E-state index in [9.17, 15) is 4.79 Å². The fourth-order valence-corrected chi connectivity index (χ4v) is 4.70. The lowest BCUT2D eigenvalue weighted by molar-refractivity contribution is -0.120. The number of methoxy groups -OCH3 is 1. The molecule has 10 heteroatoms. The summed E-state index contributed by atoms with van der Waals surface area (Å²) in [5, 5.41) is 4.60. The minimum Gasteiger partial charge on any atom is -0.384 e. The molecule has 0 bridgehead atoms. The average molecular weight is 446 g/mol. The van der Waals surface area contributed by atoms with E-state index < -0.39 is 12.1 Å². The van der Waals surface area contributed by atoms with Crippen molar-refractivity contribution in [3.05, 3.63) is 34.9 Å². The van der Waals surface area contributed by atoms with Gasteiger partial charge in [-0.3, -0.25) is 9.79 Å². The number of aliphatic imine (C=N–C) groups is 1. The van der Waals surface area contributed by atoms with Crippen molar-refractivity contribution in [2.45, 2.75) is 43.9 Å². The van der Waals surface area contributed by atoms with Gasteiger partial charge in [-0.05, 0) is 25.0 Å². The summed E-state index contributed by atoms with van der Waals surface area (Å²) in [6.07, 6.45) is 3.56. The molecule has 1 amide bonds. The molecule has 9 nitrogen and oxygen atoms in total. The van der Waals surface area contributed by atoms with E-state index in [0.717, 1.165) is 18.5 Å². The van der Waals surface area contributed by atoms with Gasteiger partial charge in [-0.15, -0.1) is 0 Å². The quantitative estimate of drug-likeness (QED) is 0.674. The molecule has 1 fully saturated rings. The number of aromatic nitrogens is 2. The second-order valence-corrected chi connectivity index (χ2v) is 8.51. The number of amides is 1. The molecule has 1 saturated heterocycles. The summed E-state index contributed by atoms with van der Waals surface area (Å²) in [4.78, 5) is 26.4. The third-order valence-corrected chi connectivity index (χ3v) is 6.27. The van der Waals surface area contributed by atoms with E-state index in [0.29, 0.717) is 42.2 Å². The summed E-state index contributed by atoms with van der Waals surface area (Å²) in [6.45, 7) is 3.60. The van der Waals surface area contributed by atoms with Gasteiger partial charge in [0.15, 0.2) is 11.9 Å². The molecule has 4 heterocycles. The first-order valence-corrected chi connectivity index (χ1v) is 10.8. The van der Waals surface area contributed by atoms with Gasteiger partial charge in [0.1, 0.15) is 6.04 Å². The van der Waals surface area contributed by atoms with Gasteiger partial charge in [-0.2, -0.15) is 4.98 Å². The van der Waals surface area contributed by atoms with Gasteiger partial charge in [0.2, 0.25) is 0 Å². The van der Waals surface area contributed by atoms with Gasteiger partial charge in [-0.25, -0.2) is 0 Å².